The van der Waals surface area contributed by atoms with Gasteiger partial charge in [0.2, 0.25) is 0 Å². The van der Waals surface area contributed by atoms with Crippen LogP contribution in [0.2, 0.25) is 0 Å². The Morgan fingerprint density at radius 3 is 2.43 bits per heavy atom. The molecule has 3 rings (SSSR count). The molecule has 1 aliphatic rings. The average molecular weight is 417 g/mol. The number of hydrogen-bond acceptors (Lipinski definition) is 5. The Morgan fingerprint density at radius 1 is 1.24 bits per heavy atom. The van der Waals surface area contributed by atoms with Crippen LogP contribution in [0.3, 0.4) is 0 Å². The van der Waals surface area contributed by atoms with Gasteiger partial charge in [0.25, 0.3) is 0 Å². The van der Waals surface area contributed by atoms with Crippen LogP contribution in [-0.4, -0.2) is 32.3 Å². The van der Waals surface area contributed by atoms with Gasteiger partial charge in [-0.3, -0.25) is 3.97 Å². The zero-order valence-corrected chi connectivity index (χ0v) is 15.7. The molecule has 112 valence electrons. The third kappa shape index (κ3) is 2.30. The van der Waals surface area contributed by atoms with E-state index < -0.39 is 7.12 Å². The molecule has 1 saturated heterocycles. The lowest BCUT2D eigenvalue weighted by atomic mass is 9.77. The maximum Gasteiger partial charge on any atom is 0.497 e. The Bertz CT molecular complexity index is 688. The number of halogens is 1. The van der Waals surface area contributed by atoms with Gasteiger partial charge in [0, 0.05) is 53.1 Å². The Hall–Kier alpha value is -0.315. The molecule has 0 spiro atoms. The Balaban J connectivity index is 2.17. The zero-order chi connectivity index (χ0) is 15.4. The van der Waals surface area contributed by atoms with Gasteiger partial charge in [-0.2, -0.15) is 0 Å². The normalized spacial score (nSPS) is 20.4. The van der Waals surface area contributed by atoms with Crippen LogP contribution in [0.15, 0.2) is 12.5 Å². The molecule has 21 heavy (non-hydrogen) atoms. The topological polar surface area (TPSA) is 49.2 Å². The smallest absolute Gasteiger partial charge is 0.399 e. The molecule has 1 fully saturated rings. The minimum atomic E-state index is -0.395. The zero-order valence-electron chi connectivity index (χ0n) is 12.7. The van der Waals surface area contributed by atoms with Crippen LogP contribution in [-0.2, 0) is 9.31 Å². The summed E-state index contributed by atoms with van der Waals surface area (Å²) in [6.07, 6.45) is 3.40. The van der Waals surface area contributed by atoms with Gasteiger partial charge in [0.05, 0.1) is 11.2 Å². The van der Waals surface area contributed by atoms with Crippen LogP contribution in [0.5, 0.6) is 0 Å². The van der Waals surface area contributed by atoms with Crippen molar-refractivity contribution in [2.45, 2.75) is 45.8 Å². The molecule has 0 atom stereocenters. The van der Waals surface area contributed by atoms with Crippen molar-refractivity contribution in [3.05, 3.63) is 18.2 Å². The molecule has 0 aliphatic carbocycles. The molecule has 5 nitrogen and oxygen atoms in total. The summed E-state index contributed by atoms with van der Waals surface area (Å²) >= 11 is 2.25. The fourth-order valence-electron chi connectivity index (χ4n) is 2.48. The van der Waals surface area contributed by atoms with Crippen LogP contribution in [0.25, 0.3) is 11.0 Å². The summed E-state index contributed by atoms with van der Waals surface area (Å²) in [5, 5.41) is 0.984. The first-order chi connectivity index (χ1) is 9.78. The molecule has 2 aromatic heterocycles. The average Bonchev–Trinajstić information content (AvgIpc) is 2.79. The molecule has 3 heterocycles. The quantitative estimate of drug-likeness (QED) is 0.556. The molecule has 0 amide bonds. The highest BCUT2D eigenvalue weighted by Crippen LogP contribution is 2.38. The third-order valence-corrected chi connectivity index (χ3v) is 6.19. The van der Waals surface area contributed by atoms with Crippen molar-refractivity contribution in [3.63, 3.8) is 0 Å². The molecule has 0 bridgehead atoms. The molecule has 2 aromatic rings. The van der Waals surface area contributed by atoms with Crippen LogP contribution in [0.4, 0.5) is 0 Å². The van der Waals surface area contributed by atoms with Gasteiger partial charge in [-0.1, -0.05) is 0 Å². The number of aromatic nitrogens is 3. The van der Waals surface area contributed by atoms with Gasteiger partial charge in [0.1, 0.15) is 6.33 Å². The second-order valence-corrected chi connectivity index (χ2v) is 7.90. The van der Waals surface area contributed by atoms with Crippen molar-refractivity contribution in [1.29, 1.82) is 0 Å². The number of nitrogens with zero attached hydrogens (tertiary/aromatic N) is 3. The minimum absolute atomic E-state index is 0.356. The Morgan fingerprint density at radius 2 is 1.86 bits per heavy atom. The monoisotopic (exact) mass is 417 g/mol. The Labute approximate surface area is 141 Å². The first kappa shape index (κ1) is 15.6. The molecular weight excluding hydrogens is 400 g/mol. The van der Waals surface area contributed by atoms with Gasteiger partial charge < -0.3 is 9.31 Å². The summed E-state index contributed by atoms with van der Waals surface area (Å²) in [6, 6.07) is 0. The molecule has 0 unspecified atom stereocenters. The van der Waals surface area contributed by atoms with Crippen molar-refractivity contribution < 1.29 is 9.31 Å². The Kier molecular flexibility index (Phi) is 3.79. The number of hydrogen-bond donors (Lipinski definition) is 0. The van der Waals surface area contributed by atoms with Gasteiger partial charge in [-0.05, 0) is 34.6 Å². The molecule has 0 saturated carbocycles. The number of fused-ring (bicyclic) bond motifs is 1. The van der Waals surface area contributed by atoms with Crippen molar-refractivity contribution in [2.75, 3.05) is 0 Å². The van der Waals surface area contributed by atoms with Crippen molar-refractivity contribution in [3.8, 4) is 0 Å². The second kappa shape index (κ2) is 5.11. The summed E-state index contributed by atoms with van der Waals surface area (Å²) in [4.78, 5) is 8.55. The molecule has 0 radical (unpaired) electrons. The van der Waals surface area contributed by atoms with E-state index >= 15 is 0 Å². The standard InChI is InChI=1S/C13H17BIN3O2S/c1-8-10(14-19-12(2,3)13(4,5)20-14)9-6-16-7-17-11(9)18(8)21-15/h6-7H,1-5H3. The van der Waals surface area contributed by atoms with Crippen molar-refractivity contribution in [1.82, 2.24) is 13.9 Å². The van der Waals surface area contributed by atoms with E-state index in [1.165, 1.54) is 0 Å². The van der Waals surface area contributed by atoms with Crippen molar-refractivity contribution in [2.24, 2.45) is 0 Å². The van der Waals surface area contributed by atoms with Gasteiger partial charge in [0.15, 0.2) is 5.65 Å². The highest BCUT2D eigenvalue weighted by molar-refractivity contribution is 14.2. The van der Waals surface area contributed by atoms with Gasteiger partial charge in [-0.15, -0.1) is 0 Å². The van der Waals surface area contributed by atoms with Gasteiger partial charge >= 0.3 is 7.12 Å². The largest absolute Gasteiger partial charge is 0.497 e. The third-order valence-electron chi connectivity index (χ3n) is 4.43. The lowest BCUT2D eigenvalue weighted by molar-refractivity contribution is 0.00578. The summed E-state index contributed by atoms with van der Waals surface area (Å²) in [6.45, 7) is 10.3. The SMILES string of the molecule is Cc1c(B2OC(C)(C)C(C)(C)O2)c2cncnc2n1SI. The van der Waals surface area contributed by atoms with E-state index in [4.69, 9.17) is 9.31 Å². The highest BCUT2D eigenvalue weighted by atomic mass is 127. The molecular formula is C13H17BIN3O2S. The summed E-state index contributed by atoms with van der Waals surface area (Å²) in [5.41, 5.74) is 2.29. The maximum absolute atomic E-state index is 6.19. The fourth-order valence-corrected chi connectivity index (χ4v) is 4.34. The molecule has 0 N–H and O–H groups in total. The predicted octanol–water partition coefficient (Wildman–Crippen LogP) is 2.89. The van der Waals surface area contributed by atoms with E-state index in [1.54, 1.807) is 15.4 Å². The first-order valence-electron chi connectivity index (χ1n) is 6.74. The van der Waals surface area contributed by atoms with E-state index in [-0.39, 0.29) is 11.2 Å². The predicted molar refractivity (Wildman–Crippen MR) is 95.0 cm³/mol. The summed E-state index contributed by atoms with van der Waals surface area (Å²) in [7, 11) is 1.19. The van der Waals surface area contributed by atoms with Crippen LogP contribution in [0.1, 0.15) is 33.4 Å². The summed E-state index contributed by atoms with van der Waals surface area (Å²) < 4.78 is 14.5. The maximum atomic E-state index is 6.19. The van der Waals surface area contributed by atoms with Gasteiger partial charge in [-0.25, -0.2) is 9.97 Å². The van der Waals surface area contributed by atoms with Crippen LogP contribution >= 0.6 is 30.3 Å². The van der Waals surface area contributed by atoms with E-state index in [1.807, 2.05) is 6.20 Å². The molecule has 1 aliphatic heterocycles. The fraction of sp³-hybridized carbons (Fsp3) is 0.538. The van der Waals surface area contributed by atoms with E-state index in [2.05, 4.69) is 69.8 Å². The lowest BCUT2D eigenvalue weighted by Gasteiger charge is -2.32. The molecule has 0 aromatic carbocycles. The minimum Gasteiger partial charge on any atom is -0.399 e. The molecule has 8 heteroatoms. The van der Waals surface area contributed by atoms with Crippen molar-refractivity contribution >= 4 is 53.9 Å². The van der Waals surface area contributed by atoms with E-state index in [0.29, 0.717) is 0 Å². The van der Waals surface area contributed by atoms with E-state index in [0.717, 1.165) is 22.2 Å². The lowest BCUT2D eigenvalue weighted by Crippen LogP contribution is -2.41. The number of rotatable bonds is 2. The van der Waals surface area contributed by atoms with E-state index in [9.17, 15) is 0 Å². The summed E-state index contributed by atoms with van der Waals surface area (Å²) in [5.74, 6) is 0. The second-order valence-electron chi connectivity index (χ2n) is 6.21. The van der Waals surface area contributed by atoms with Crippen LogP contribution < -0.4 is 5.46 Å². The van der Waals surface area contributed by atoms with Crippen LogP contribution in [0, 0.1) is 6.92 Å². The highest BCUT2D eigenvalue weighted by Gasteiger charge is 2.53. The first-order valence-corrected chi connectivity index (χ1v) is 10.1.